The molecule has 0 bridgehead atoms. The number of aliphatic hydroxyl groups excluding tert-OH is 1. The summed E-state index contributed by atoms with van der Waals surface area (Å²) >= 11 is 0. The van der Waals surface area contributed by atoms with Crippen LogP contribution in [0.3, 0.4) is 0 Å². The third kappa shape index (κ3) is 5.89. The van der Waals surface area contributed by atoms with Crippen LogP contribution in [0.25, 0.3) is 0 Å². The second kappa shape index (κ2) is 8.31. The maximum Gasteiger partial charge on any atom is 0.139 e. The lowest BCUT2D eigenvalue weighted by atomic mass is 9.95. The van der Waals surface area contributed by atoms with Gasteiger partial charge >= 0.3 is 0 Å². The van der Waals surface area contributed by atoms with Crippen molar-refractivity contribution in [2.75, 3.05) is 26.2 Å². The molecule has 0 saturated carbocycles. The van der Waals surface area contributed by atoms with E-state index in [2.05, 4.69) is 10.1 Å². The van der Waals surface area contributed by atoms with Gasteiger partial charge in [-0.25, -0.2) is 0 Å². The number of piperidine rings is 1. The Labute approximate surface area is 103 Å². The van der Waals surface area contributed by atoms with Crippen molar-refractivity contribution in [3.63, 3.8) is 0 Å². The molecule has 0 aromatic rings. The number of rotatable bonds is 7. The van der Waals surface area contributed by atoms with Gasteiger partial charge in [-0.2, -0.15) is 0 Å². The Morgan fingerprint density at radius 1 is 1.41 bits per heavy atom. The van der Waals surface area contributed by atoms with Crippen molar-refractivity contribution < 1.29 is 10.3 Å². The zero-order valence-corrected chi connectivity index (χ0v) is 10.5. The maximum absolute atomic E-state index is 8.94. The van der Waals surface area contributed by atoms with E-state index in [9.17, 15) is 0 Å². The summed E-state index contributed by atoms with van der Waals surface area (Å²) in [5.74, 6) is 0.986. The number of unbranched alkanes of at least 4 members (excludes halogenated alkanes) is 1. The lowest BCUT2D eigenvalue weighted by molar-refractivity contribution is 0.146. The van der Waals surface area contributed by atoms with Gasteiger partial charge in [0.2, 0.25) is 0 Å². The van der Waals surface area contributed by atoms with Gasteiger partial charge in [-0.15, -0.1) is 0 Å². The summed E-state index contributed by atoms with van der Waals surface area (Å²) in [6.07, 6.45) is 6.15. The van der Waals surface area contributed by atoms with E-state index in [1.54, 1.807) is 0 Å². The minimum Gasteiger partial charge on any atom is -0.409 e. The molecule has 17 heavy (non-hydrogen) atoms. The molecular formula is C12H25N3O2. The number of nitrogens with two attached hydrogens (primary N) is 1. The van der Waals surface area contributed by atoms with E-state index in [0.717, 1.165) is 32.4 Å². The van der Waals surface area contributed by atoms with Gasteiger partial charge in [0.05, 0.1) is 0 Å². The van der Waals surface area contributed by atoms with Crippen molar-refractivity contribution >= 4 is 5.84 Å². The number of likely N-dealkylation sites (tertiary alicyclic amines) is 1. The number of hydrogen-bond donors (Lipinski definition) is 3. The average Bonchev–Trinajstić information content (AvgIpc) is 2.35. The summed E-state index contributed by atoms with van der Waals surface area (Å²) in [7, 11) is 0. The Morgan fingerprint density at radius 2 is 2.24 bits per heavy atom. The van der Waals surface area contributed by atoms with Gasteiger partial charge in [0.1, 0.15) is 5.84 Å². The second-order valence-corrected chi connectivity index (χ2v) is 4.87. The molecule has 5 heteroatoms. The molecule has 1 fully saturated rings. The van der Waals surface area contributed by atoms with Crippen LogP contribution in [0.1, 0.15) is 38.5 Å². The van der Waals surface area contributed by atoms with Crippen LogP contribution in [0.2, 0.25) is 0 Å². The van der Waals surface area contributed by atoms with Gasteiger partial charge in [0, 0.05) is 19.6 Å². The molecule has 1 unspecified atom stereocenters. The molecule has 1 atom stereocenters. The summed E-state index contributed by atoms with van der Waals surface area (Å²) in [6.45, 7) is 3.68. The van der Waals surface area contributed by atoms with Gasteiger partial charge in [0.15, 0.2) is 0 Å². The largest absolute Gasteiger partial charge is 0.409 e. The fraction of sp³-hybridized carbons (Fsp3) is 0.917. The highest BCUT2D eigenvalue weighted by atomic mass is 16.4. The molecule has 0 spiro atoms. The minimum absolute atomic E-state index is 0.308. The van der Waals surface area contributed by atoms with Crippen LogP contribution in [-0.2, 0) is 0 Å². The highest BCUT2D eigenvalue weighted by molar-refractivity contribution is 5.79. The highest BCUT2D eigenvalue weighted by Gasteiger charge is 2.18. The summed E-state index contributed by atoms with van der Waals surface area (Å²) in [5, 5.41) is 20.3. The first-order valence-corrected chi connectivity index (χ1v) is 6.56. The highest BCUT2D eigenvalue weighted by Crippen LogP contribution is 2.19. The number of amidine groups is 1. The lowest BCUT2D eigenvalue weighted by Gasteiger charge is -2.32. The first kappa shape index (κ1) is 14.3. The van der Waals surface area contributed by atoms with Gasteiger partial charge < -0.3 is 20.9 Å². The molecule has 1 rings (SSSR count). The first-order chi connectivity index (χ1) is 8.26. The SMILES string of the molecule is NC(CCCCN1CCCC(CCO)C1)=NO. The normalized spacial score (nSPS) is 22.9. The zero-order valence-electron chi connectivity index (χ0n) is 10.5. The van der Waals surface area contributed by atoms with E-state index in [0.29, 0.717) is 24.8 Å². The number of nitrogens with zero attached hydrogens (tertiary/aromatic N) is 2. The van der Waals surface area contributed by atoms with Crippen LogP contribution in [0, 0.1) is 5.92 Å². The standard InChI is InChI=1S/C12H25N3O2/c13-12(14-17)5-1-2-7-15-8-3-4-11(10-15)6-9-16/h11,16-17H,1-10H2,(H2,13,14). The molecule has 5 nitrogen and oxygen atoms in total. The Hall–Kier alpha value is -0.810. The predicted molar refractivity (Wildman–Crippen MR) is 68.1 cm³/mol. The fourth-order valence-corrected chi connectivity index (χ4v) is 2.46. The van der Waals surface area contributed by atoms with Crippen LogP contribution in [0.5, 0.6) is 0 Å². The van der Waals surface area contributed by atoms with Crippen molar-refractivity contribution in [1.29, 1.82) is 0 Å². The molecule has 1 aliphatic rings. The summed E-state index contributed by atoms with van der Waals surface area (Å²) < 4.78 is 0. The van der Waals surface area contributed by atoms with E-state index in [4.69, 9.17) is 16.0 Å². The van der Waals surface area contributed by atoms with Crippen LogP contribution >= 0.6 is 0 Å². The van der Waals surface area contributed by atoms with Crippen molar-refractivity contribution in [2.45, 2.75) is 38.5 Å². The maximum atomic E-state index is 8.94. The molecule has 0 radical (unpaired) electrons. The van der Waals surface area contributed by atoms with Crippen LogP contribution in [-0.4, -0.2) is 47.3 Å². The molecule has 1 aliphatic heterocycles. The van der Waals surface area contributed by atoms with Gasteiger partial charge in [0.25, 0.3) is 0 Å². The molecule has 0 aromatic heterocycles. The molecule has 0 aliphatic carbocycles. The second-order valence-electron chi connectivity index (χ2n) is 4.87. The topological polar surface area (TPSA) is 82.1 Å². The van der Waals surface area contributed by atoms with Crippen LogP contribution in [0.4, 0.5) is 0 Å². The Morgan fingerprint density at radius 3 is 2.94 bits per heavy atom. The van der Waals surface area contributed by atoms with Gasteiger partial charge in [-0.1, -0.05) is 5.16 Å². The van der Waals surface area contributed by atoms with E-state index in [1.807, 2.05) is 0 Å². The van der Waals surface area contributed by atoms with Crippen molar-refractivity contribution in [2.24, 2.45) is 16.8 Å². The molecule has 1 heterocycles. The van der Waals surface area contributed by atoms with Gasteiger partial charge in [-0.05, 0) is 51.1 Å². The molecule has 1 saturated heterocycles. The third-order valence-corrected chi connectivity index (χ3v) is 3.43. The molecular weight excluding hydrogens is 218 g/mol. The average molecular weight is 243 g/mol. The quantitative estimate of drug-likeness (QED) is 0.205. The van der Waals surface area contributed by atoms with Crippen LogP contribution < -0.4 is 5.73 Å². The Balaban J connectivity index is 2.10. The monoisotopic (exact) mass is 243 g/mol. The van der Waals surface area contributed by atoms with E-state index >= 15 is 0 Å². The summed E-state index contributed by atoms with van der Waals surface area (Å²) in [5.41, 5.74) is 5.41. The van der Waals surface area contributed by atoms with Crippen LogP contribution in [0.15, 0.2) is 5.16 Å². The third-order valence-electron chi connectivity index (χ3n) is 3.43. The summed E-state index contributed by atoms with van der Waals surface area (Å²) in [6, 6.07) is 0. The molecule has 4 N–H and O–H groups in total. The van der Waals surface area contributed by atoms with E-state index in [-0.39, 0.29) is 0 Å². The smallest absolute Gasteiger partial charge is 0.139 e. The van der Waals surface area contributed by atoms with Crippen molar-refractivity contribution in [1.82, 2.24) is 4.90 Å². The first-order valence-electron chi connectivity index (χ1n) is 6.56. The predicted octanol–water partition coefficient (Wildman–Crippen LogP) is 0.997. The zero-order chi connectivity index (χ0) is 12.5. The van der Waals surface area contributed by atoms with E-state index < -0.39 is 0 Å². The number of hydrogen-bond acceptors (Lipinski definition) is 4. The summed E-state index contributed by atoms with van der Waals surface area (Å²) in [4.78, 5) is 2.47. The minimum atomic E-state index is 0.308. The number of aliphatic hydroxyl groups is 1. The van der Waals surface area contributed by atoms with Crippen molar-refractivity contribution in [3.8, 4) is 0 Å². The fourth-order valence-electron chi connectivity index (χ4n) is 2.46. The van der Waals surface area contributed by atoms with Crippen molar-refractivity contribution in [3.05, 3.63) is 0 Å². The van der Waals surface area contributed by atoms with Gasteiger partial charge in [-0.3, -0.25) is 0 Å². The lowest BCUT2D eigenvalue weighted by Crippen LogP contribution is -2.36. The number of oxime groups is 1. The molecule has 0 amide bonds. The Kier molecular flexibility index (Phi) is 6.96. The van der Waals surface area contributed by atoms with E-state index in [1.165, 1.54) is 19.4 Å². The molecule has 0 aromatic carbocycles. The Bertz CT molecular complexity index is 232. The molecule has 100 valence electrons.